The van der Waals surface area contributed by atoms with E-state index in [1.807, 2.05) is 6.21 Å². The molecule has 2 aromatic carbocycles. The summed E-state index contributed by atoms with van der Waals surface area (Å²) < 4.78 is 0. The maximum Gasteiger partial charge on any atom is 0.300 e. The second kappa shape index (κ2) is 12.5. The summed E-state index contributed by atoms with van der Waals surface area (Å²) in [5.74, 6) is -0.757. The van der Waals surface area contributed by atoms with Crippen LogP contribution in [0.2, 0.25) is 0 Å². The molecule has 5 rings (SSSR count). The largest absolute Gasteiger partial charge is 0.481 e. The number of nitrogens with two attached hydrogens (primary N) is 1. The summed E-state index contributed by atoms with van der Waals surface area (Å²) in [6, 6.07) is 12.6. The van der Waals surface area contributed by atoms with Crippen molar-refractivity contribution in [3.05, 3.63) is 65.5 Å². The average Bonchev–Trinajstić information content (AvgIpc) is 3.44. The fourth-order valence-corrected chi connectivity index (χ4v) is 3.96. The number of nitrogen functional groups attached to an aromatic ring is 1. The van der Waals surface area contributed by atoms with E-state index in [-0.39, 0.29) is 5.95 Å². The molecule has 0 unspecified atom stereocenters. The minimum atomic E-state index is -0.833. The van der Waals surface area contributed by atoms with Crippen LogP contribution in [0.15, 0.2) is 53.8 Å². The Morgan fingerprint density at radius 2 is 1.82 bits per heavy atom. The maximum atomic E-state index is 9.00. The van der Waals surface area contributed by atoms with Crippen LogP contribution in [0.25, 0.3) is 22.0 Å². The summed E-state index contributed by atoms with van der Waals surface area (Å²) in [7, 11) is 4.17. The predicted molar refractivity (Wildman–Crippen MR) is 149 cm³/mol. The van der Waals surface area contributed by atoms with E-state index in [0.717, 1.165) is 37.2 Å². The lowest BCUT2D eigenvalue weighted by Gasteiger charge is -2.14. The first-order valence-corrected chi connectivity index (χ1v) is 11.7. The van der Waals surface area contributed by atoms with Crippen molar-refractivity contribution in [1.82, 2.24) is 19.9 Å². The van der Waals surface area contributed by atoms with E-state index in [2.05, 4.69) is 80.8 Å². The Hall–Kier alpha value is -4.77. The van der Waals surface area contributed by atoms with Gasteiger partial charge in [-0.3, -0.25) is 14.6 Å². The van der Waals surface area contributed by atoms with Crippen LogP contribution < -0.4 is 11.1 Å². The van der Waals surface area contributed by atoms with Gasteiger partial charge < -0.3 is 31.1 Å². The van der Waals surface area contributed by atoms with Gasteiger partial charge >= 0.3 is 0 Å². The second-order valence-electron chi connectivity index (χ2n) is 8.84. The summed E-state index contributed by atoms with van der Waals surface area (Å²) in [4.78, 5) is 36.3. The molecule has 1 aliphatic rings. The SMILES string of the molecule is CC(=O)O.CC(=O)O.CN(C)Cc1c[nH]c2ccc(-c3cc(Nc4ccnc(N)n4)cc4c3CN=C4)cc12. The number of rotatable bonds is 5. The van der Waals surface area contributed by atoms with Crippen LogP contribution in [0.4, 0.5) is 17.5 Å². The zero-order chi connectivity index (χ0) is 27.8. The van der Waals surface area contributed by atoms with Gasteiger partial charge in [-0.2, -0.15) is 4.98 Å². The van der Waals surface area contributed by atoms with Crippen LogP contribution in [0.1, 0.15) is 30.5 Å². The highest BCUT2D eigenvalue weighted by atomic mass is 16.4. The third kappa shape index (κ3) is 7.61. The van der Waals surface area contributed by atoms with Gasteiger partial charge in [-0.1, -0.05) is 6.07 Å². The molecule has 198 valence electrons. The fourth-order valence-electron chi connectivity index (χ4n) is 3.96. The molecule has 4 aromatic rings. The maximum absolute atomic E-state index is 9.00. The fraction of sp³-hybridized carbons (Fsp3) is 0.222. The predicted octanol–water partition coefficient (Wildman–Crippen LogP) is 4.13. The van der Waals surface area contributed by atoms with Crippen LogP contribution in [-0.2, 0) is 22.7 Å². The van der Waals surface area contributed by atoms with E-state index < -0.39 is 11.9 Å². The summed E-state index contributed by atoms with van der Waals surface area (Å²) in [6.07, 6.45) is 5.68. The van der Waals surface area contributed by atoms with E-state index >= 15 is 0 Å². The first-order valence-electron chi connectivity index (χ1n) is 11.7. The van der Waals surface area contributed by atoms with Crippen molar-refractivity contribution in [1.29, 1.82) is 0 Å². The van der Waals surface area contributed by atoms with Crippen LogP contribution in [-0.4, -0.2) is 62.3 Å². The van der Waals surface area contributed by atoms with Crippen LogP contribution >= 0.6 is 0 Å². The number of carboxylic acid groups (broad SMARTS) is 2. The molecule has 0 aliphatic carbocycles. The molecule has 6 N–H and O–H groups in total. The average molecular weight is 518 g/mol. The number of anilines is 3. The van der Waals surface area contributed by atoms with Crippen molar-refractivity contribution >= 4 is 46.5 Å². The Bertz CT molecular complexity index is 1460. The molecule has 38 heavy (non-hydrogen) atoms. The Morgan fingerprint density at radius 1 is 1.11 bits per heavy atom. The molecule has 1 aliphatic heterocycles. The lowest BCUT2D eigenvalue weighted by Crippen LogP contribution is -2.10. The first kappa shape index (κ1) is 27.8. The highest BCUT2D eigenvalue weighted by Gasteiger charge is 2.16. The molecule has 0 bridgehead atoms. The van der Waals surface area contributed by atoms with Crippen molar-refractivity contribution in [2.24, 2.45) is 4.99 Å². The number of aromatic nitrogens is 3. The number of hydrogen-bond acceptors (Lipinski definition) is 8. The highest BCUT2D eigenvalue weighted by molar-refractivity contribution is 5.94. The lowest BCUT2D eigenvalue weighted by atomic mass is 9.94. The van der Waals surface area contributed by atoms with Crippen molar-refractivity contribution in [3.63, 3.8) is 0 Å². The second-order valence-corrected chi connectivity index (χ2v) is 8.84. The molecular weight excluding hydrogens is 486 g/mol. The van der Waals surface area contributed by atoms with E-state index in [0.29, 0.717) is 12.4 Å². The molecule has 0 saturated heterocycles. The third-order valence-electron chi connectivity index (χ3n) is 5.28. The summed E-state index contributed by atoms with van der Waals surface area (Å²) in [5.41, 5.74) is 13.8. The van der Waals surface area contributed by atoms with Gasteiger partial charge in [0.25, 0.3) is 11.9 Å². The number of carbonyl (C=O) groups is 2. The number of aliphatic carboxylic acids is 2. The normalized spacial score (nSPS) is 11.3. The van der Waals surface area contributed by atoms with Gasteiger partial charge in [0, 0.05) is 61.2 Å². The summed E-state index contributed by atoms with van der Waals surface area (Å²) >= 11 is 0. The van der Waals surface area contributed by atoms with Crippen molar-refractivity contribution in [3.8, 4) is 11.1 Å². The number of nitrogens with zero attached hydrogens (tertiary/aromatic N) is 4. The van der Waals surface area contributed by atoms with Gasteiger partial charge in [-0.15, -0.1) is 0 Å². The third-order valence-corrected chi connectivity index (χ3v) is 5.28. The molecule has 0 amide bonds. The van der Waals surface area contributed by atoms with E-state index in [4.69, 9.17) is 25.5 Å². The van der Waals surface area contributed by atoms with Crippen LogP contribution in [0.5, 0.6) is 0 Å². The molecule has 0 saturated carbocycles. The van der Waals surface area contributed by atoms with Gasteiger partial charge in [0.15, 0.2) is 0 Å². The first-order chi connectivity index (χ1) is 18.0. The Morgan fingerprint density at radius 3 is 2.47 bits per heavy atom. The lowest BCUT2D eigenvalue weighted by molar-refractivity contribution is -0.135. The topological polar surface area (TPSA) is 170 Å². The Labute approximate surface area is 220 Å². The van der Waals surface area contributed by atoms with Crippen LogP contribution in [0, 0.1) is 0 Å². The zero-order valence-electron chi connectivity index (χ0n) is 21.7. The number of hydrogen-bond donors (Lipinski definition) is 5. The molecule has 0 spiro atoms. The van der Waals surface area contributed by atoms with Crippen molar-refractivity contribution in [2.75, 3.05) is 25.1 Å². The molecular formula is C27H31N7O4. The van der Waals surface area contributed by atoms with E-state index in [1.54, 1.807) is 12.3 Å². The smallest absolute Gasteiger partial charge is 0.300 e. The number of nitrogens with one attached hydrogen (secondary N) is 2. The minimum Gasteiger partial charge on any atom is -0.481 e. The molecule has 3 heterocycles. The highest BCUT2D eigenvalue weighted by Crippen LogP contribution is 2.35. The van der Waals surface area contributed by atoms with Crippen LogP contribution in [0.3, 0.4) is 0 Å². The monoisotopic (exact) mass is 517 g/mol. The van der Waals surface area contributed by atoms with Gasteiger partial charge in [0.1, 0.15) is 5.82 Å². The quantitative estimate of drug-likeness (QED) is 0.261. The standard InChI is InChI=1S/C23H23N7.2C2H4O2/c1-30(2)13-16-11-27-21-4-3-14(8-19(16)21)18-9-17(7-15-10-25-12-20(15)18)28-22-5-6-26-23(24)29-22;2*1-2(3)4/h3-11,27H,12-13H2,1-2H3,(H3,24,26,28,29);2*1H3,(H,3,4). The molecule has 11 nitrogen and oxygen atoms in total. The van der Waals surface area contributed by atoms with Crippen molar-refractivity contribution in [2.45, 2.75) is 26.9 Å². The number of aliphatic imine (C=N–C) groups is 1. The minimum absolute atomic E-state index is 0.245. The molecule has 0 atom stereocenters. The van der Waals surface area contributed by atoms with E-state index in [9.17, 15) is 0 Å². The van der Waals surface area contributed by atoms with E-state index in [1.165, 1.54) is 27.6 Å². The van der Waals surface area contributed by atoms with Gasteiger partial charge in [-0.05, 0) is 66.7 Å². The molecule has 0 radical (unpaired) electrons. The number of fused-ring (bicyclic) bond motifs is 2. The molecule has 11 heteroatoms. The Balaban J connectivity index is 0.000000443. The van der Waals surface area contributed by atoms with Gasteiger partial charge in [0.05, 0.1) is 6.54 Å². The molecule has 2 aromatic heterocycles. The summed E-state index contributed by atoms with van der Waals surface area (Å²) in [5, 5.41) is 19.4. The van der Waals surface area contributed by atoms with Gasteiger partial charge in [-0.25, -0.2) is 4.98 Å². The molecule has 0 fully saturated rings. The van der Waals surface area contributed by atoms with Gasteiger partial charge in [0.2, 0.25) is 5.95 Å². The number of H-pyrrole nitrogens is 1. The Kier molecular flexibility index (Phi) is 9.12. The number of carboxylic acids is 2. The number of aromatic amines is 1. The summed E-state index contributed by atoms with van der Waals surface area (Å²) in [6.45, 7) is 3.75. The van der Waals surface area contributed by atoms with Crippen molar-refractivity contribution < 1.29 is 19.8 Å². The zero-order valence-corrected chi connectivity index (χ0v) is 21.7. The number of benzene rings is 2.